The second-order valence-corrected chi connectivity index (χ2v) is 8.09. The molecule has 10 heteroatoms. The van der Waals surface area contributed by atoms with Crippen molar-refractivity contribution < 1.29 is 13.2 Å². The van der Waals surface area contributed by atoms with Gasteiger partial charge in [0.2, 0.25) is 10.0 Å². The van der Waals surface area contributed by atoms with Gasteiger partial charge in [-0.1, -0.05) is 0 Å². The molecule has 9 nitrogen and oxygen atoms in total. The number of rotatable bonds is 5. The summed E-state index contributed by atoms with van der Waals surface area (Å²) in [5, 5.41) is 10.3. The zero-order chi connectivity index (χ0) is 17.9. The van der Waals surface area contributed by atoms with Crippen molar-refractivity contribution in [2.75, 3.05) is 25.9 Å². The van der Waals surface area contributed by atoms with Gasteiger partial charge in [-0.2, -0.15) is 0 Å². The van der Waals surface area contributed by atoms with E-state index < -0.39 is 10.0 Å². The fraction of sp³-hybridized carbons (Fsp3) is 0.467. The first kappa shape index (κ1) is 17.5. The zero-order valence-electron chi connectivity index (χ0n) is 13.9. The molecule has 25 heavy (non-hydrogen) atoms. The number of nitrogens with one attached hydrogen (secondary N) is 1. The molecule has 1 atom stereocenters. The number of hydrogen-bond donors (Lipinski definition) is 1. The van der Waals surface area contributed by atoms with E-state index in [4.69, 9.17) is 0 Å². The Kier molecular flexibility index (Phi) is 5.09. The number of aromatic nitrogens is 4. The van der Waals surface area contributed by atoms with Crippen molar-refractivity contribution in [3.05, 3.63) is 36.5 Å². The number of carbonyl (C=O) groups is 1. The van der Waals surface area contributed by atoms with Gasteiger partial charge >= 0.3 is 0 Å². The van der Waals surface area contributed by atoms with E-state index in [1.807, 2.05) is 0 Å². The van der Waals surface area contributed by atoms with Gasteiger partial charge < -0.3 is 5.32 Å². The van der Waals surface area contributed by atoms with E-state index >= 15 is 0 Å². The maximum Gasteiger partial charge on any atom is 0.251 e. The zero-order valence-corrected chi connectivity index (χ0v) is 14.7. The Hall–Kier alpha value is -2.33. The third kappa shape index (κ3) is 4.40. The molecule has 1 amide bonds. The van der Waals surface area contributed by atoms with E-state index in [2.05, 4.69) is 20.5 Å². The minimum absolute atomic E-state index is 0.117. The van der Waals surface area contributed by atoms with Gasteiger partial charge in [-0.05, 0) is 30.9 Å². The van der Waals surface area contributed by atoms with Crippen LogP contribution in [0.2, 0.25) is 0 Å². The fourth-order valence-electron chi connectivity index (χ4n) is 2.85. The molecule has 0 bridgehead atoms. The molecule has 0 unspecified atom stereocenters. The lowest BCUT2D eigenvalue weighted by Crippen LogP contribution is -2.43. The molecule has 3 heterocycles. The van der Waals surface area contributed by atoms with Gasteiger partial charge in [0, 0.05) is 31.4 Å². The van der Waals surface area contributed by atoms with Gasteiger partial charge in [-0.25, -0.2) is 17.7 Å². The number of amides is 1. The van der Waals surface area contributed by atoms with Gasteiger partial charge in [-0.15, -0.1) is 10.2 Å². The first-order chi connectivity index (χ1) is 11.9. The van der Waals surface area contributed by atoms with Gasteiger partial charge in [0.05, 0.1) is 6.26 Å². The largest absolute Gasteiger partial charge is 0.352 e. The lowest BCUT2D eigenvalue weighted by Gasteiger charge is -2.30. The van der Waals surface area contributed by atoms with Crippen molar-refractivity contribution in [1.29, 1.82) is 0 Å². The van der Waals surface area contributed by atoms with Gasteiger partial charge in [0.25, 0.3) is 5.91 Å². The maximum absolute atomic E-state index is 12.4. The minimum atomic E-state index is -3.18. The molecule has 1 aliphatic rings. The highest BCUT2D eigenvalue weighted by molar-refractivity contribution is 7.88. The molecular formula is C15H20N6O3S. The predicted octanol–water partition coefficient (Wildman–Crippen LogP) is 0.0637. The van der Waals surface area contributed by atoms with Gasteiger partial charge in [0.15, 0.2) is 0 Å². The highest BCUT2D eigenvalue weighted by atomic mass is 32.2. The third-order valence-electron chi connectivity index (χ3n) is 4.19. The summed E-state index contributed by atoms with van der Waals surface area (Å²) in [7, 11) is -3.18. The van der Waals surface area contributed by atoms with Crippen LogP contribution in [0.5, 0.6) is 0 Å². The molecule has 0 radical (unpaired) electrons. The van der Waals surface area contributed by atoms with Crippen LogP contribution >= 0.6 is 0 Å². The van der Waals surface area contributed by atoms with E-state index in [-0.39, 0.29) is 11.8 Å². The fourth-order valence-corrected chi connectivity index (χ4v) is 3.80. The van der Waals surface area contributed by atoms with Crippen molar-refractivity contribution in [2.45, 2.75) is 12.8 Å². The van der Waals surface area contributed by atoms with Crippen LogP contribution in [0.3, 0.4) is 0 Å². The first-order valence-electron chi connectivity index (χ1n) is 7.98. The molecule has 0 aromatic carbocycles. The molecule has 0 spiro atoms. The Bertz CT molecular complexity index is 837. The molecule has 3 rings (SSSR count). The third-order valence-corrected chi connectivity index (χ3v) is 5.46. The van der Waals surface area contributed by atoms with Crippen LogP contribution in [0.15, 0.2) is 31.0 Å². The molecule has 0 saturated carbocycles. The molecule has 134 valence electrons. The summed E-state index contributed by atoms with van der Waals surface area (Å²) >= 11 is 0. The van der Waals surface area contributed by atoms with E-state index in [9.17, 15) is 13.2 Å². The number of piperidine rings is 1. The second-order valence-electron chi connectivity index (χ2n) is 6.11. The average Bonchev–Trinajstić information content (AvgIpc) is 3.14. The summed E-state index contributed by atoms with van der Waals surface area (Å²) in [6, 6.07) is 3.29. The lowest BCUT2D eigenvalue weighted by molar-refractivity contribution is 0.0941. The lowest BCUT2D eigenvalue weighted by atomic mass is 9.99. The van der Waals surface area contributed by atoms with Crippen LogP contribution in [0, 0.1) is 5.92 Å². The predicted molar refractivity (Wildman–Crippen MR) is 90.6 cm³/mol. The van der Waals surface area contributed by atoms with Crippen LogP contribution < -0.4 is 5.32 Å². The summed E-state index contributed by atoms with van der Waals surface area (Å²) in [4.78, 5) is 16.6. The van der Waals surface area contributed by atoms with Crippen LogP contribution in [0.1, 0.15) is 23.2 Å². The van der Waals surface area contributed by atoms with Crippen LogP contribution in [0.4, 0.5) is 0 Å². The Balaban J connectivity index is 1.60. The maximum atomic E-state index is 12.4. The molecule has 1 fully saturated rings. The number of nitrogens with zero attached hydrogens (tertiary/aromatic N) is 5. The highest BCUT2D eigenvalue weighted by Gasteiger charge is 2.26. The second kappa shape index (κ2) is 7.28. The van der Waals surface area contributed by atoms with Crippen molar-refractivity contribution >= 4 is 15.9 Å². The topological polar surface area (TPSA) is 110 Å². The van der Waals surface area contributed by atoms with Crippen LogP contribution in [0.25, 0.3) is 5.82 Å². The average molecular weight is 364 g/mol. The summed E-state index contributed by atoms with van der Waals surface area (Å²) < 4.78 is 26.4. The number of hydrogen-bond acceptors (Lipinski definition) is 6. The van der Waals surface area contributed by atoms with Crippen LogP contribution in [-0.4, -0.2) is 64.3 Å². The minimum Gasteiger partial charge on any atom is -0.352 e. The van der Waals surface area contributed by atoms with Crippen molar-refractivity contribution in [2.24, 2.45) is 5.92 Å². The number of carbonyl (C=O) groups excluding carboxylic acids is 1. The SMILES string of the molecule is CS(=O)(=O)N1CCC[C@@H](CNC(=O)c2ccnc(-n3cnnc3)c2)C1. The Labute approximate surface area is 146 Å². The molecule has 2 aromatic heterocycles. The highest BCUT2D eigenvalue weighted by Crippen LogP contribution is 2.18. The van der Waals surface area contributed by atoms with Crippen molar-refractivity contribution in [3.8, 4) is 5.82 Å². The van der Waals surface area contributed by atoms with Crippen LogP contribution in [-0.2, 0) is 10.0 Å². The Morgan fingerprint density at radius 1 is 1.36 bits per heavy atom. The first-order valence-corrected chi connectivity index (χ1v) is 9.82. The van der Waals surface area contributed by atoms with Crippen molar-refractivity contribution in [3.63, 3.8) is 0 Å². The monoisotopic (exact) mass is 364 g/mol. The number of pyridine rings is 1. The molecule has 1 saturated heterocycles. The summed E-state index contributed by atoms with van der Waals surface area (Å²) in [5.74, 6) is 0.457. The summed E-state index contributed by atoms with van der Waals surface area (Å²) in [6.45, 7) is 1.44. The van der Waals surface area contributed by atoms with E-state index in [0.29, 0.717) is 31.0 Å². The Morgan fingerprint density at radius 3 is 2.84 bits per heavy atom. The molecule has 0 aliphatic carbocycles. The molecule has 1 aliphatic heterocycles. The molecule has 1 N–H and O–H groups in total. The normalized spacial score (nSPS) is 18.8. The van der Waals surface area contributed by atoms with E-state index in [1.54, 1.807) is 22.9 Å². The molecule has 2 aromatic rings. The summed E-state index contributed by atoms with van der Waals surface area (Å²) in [5.41, 5.74) is 0.481. The molecular weight excluding hydrogens is 344 g/mol. The van der Waals surface area contributed by atoms with Gasteiger partial charge in [-0.3, -0.25) is 9.36 Å². The smallest absolute Gasteiger partial charge is 0.251 e. The standard InChI is InChI=1S/C15H20N6O3S/c1-25(23,24)21-6-2-3-12(9-21)8-17-15(22)13-4-5-16-14(7-13)20-10-18-19-11-20/h4-5,7,10-12H,2-3,6,8-9H2,1H3,(H,17,22)/t12-/m0/s1. The quantitative estimate of drug-likeness (QED) is 0.803. The van der Waals surface area contributed by atoms with E-state index in [1.165, 1.54) is 23.2 Å². The number of sulfonamides is 1. The van der Waals surface area contributed by atoms with Gasteiger partial charge in [0.1, 0.15) is 18.5 Å². The summed E-state index contributed by atoms with van der Waals surface area (Å²) in [6.07, 6.45) is 7.49. The van der Waals surface area contributed by atoms with Crippen molar-refractivity contribution in [1.82, 2.24) is 29.4 Å². The Morgan fingerprint density at radius 2 is 2.12 bits per heavy atom. The van der Waals surface area contributed by atoms with E-state index in [0.717, 1.165) is 12.8 Å².